The van der Waals surface area contributed by atoms with Gasteiger partial charge in [-0.15, -0.1) is 0 Å². The number of hydrazine groups is 1. The summed E-state index contributed by atoms with van der Waals surface area (Å²) in [4.78, 5) is 8.09. The van der Waals surface area contributed by atoms with Crippen LogP contribution in [0.3, 0.4) is 0 Å². The van der Waals surface area contributed by atoms with Crippen molar-refractivity contribution in [1.29, 1.82) is 0 Å². The minimum absolute atomic E-state index is 0.471. The molecule has 0 atom stereocenters. The first-order valence-corrected chi connectivity index (χ1v) is 6.40. The fraction of sp³-hybridized carbons (Fsp3) is 0.0909. The van der Waals surface area contributed by atoms with Gasteiger partial charge >= 0.3 is 0 Å². The molecule has 19 heavy (non-hydrogen) atoms. The second kappa shape index (κ2) is 6.05. The maximum atomic E-state index is 5.97. The van der Waals surface area contributed by atoms with E-state index in [4.69, 9.17) is 22.2 Å². The summed E-state index contributed by atoms with van der Waals surface area (Å²) in [6.45, 7) is 0. The van der Waals surface area contributed by atoms with Gasteiger partial charge in [-0.05, 0) is 34.1 Å². The zero-order valence-electron chi connectivity index (χ0n) is 9.95. The highest BCUT2D eigenvalue weighted by atomic mass is 79.9. The third-order valence-corrected chi connectivity index (χ3v) is 3.33. The van der Waals surface area contributed by atoms with Gasteiger partial charge in [0.15, 0.2) is 5.82 Å². The minimum atomic E-state index is 0.471. The first-order chi connectivity index (χ1) is 9.15. The second-order valence-corrected chi connectivity index (χ2v) is 4.73. The van der Waals surface area contributed by atoms with Crippen LogP contribution < -0.4 is 21.3 Å². The highest BCUT2D eigenvalue weighted by Gasteiger charge is 2.10. The molecule has 0 amide bonds. The predicted octanol–water partition coefficient (Wildman–Crippen LogP) is 2.93. The van der Waals surface area contributed by atoms with E-state index in [-0.39, 0.29) is 0 Å². The van der Waals surface area contributed by atoms with Gasteiger partial charge in [0.1, 0.15) is 22.4 Å². The van der Waals surface area contributed by atoms with E-state index < -0.39 is 0 Å². The lowest BCUT2D eigenvalue weighted by Crippen LogP contribution is -2.10. The number of benzene rings is 1. The lowest BCUT2D eigenvalue weighted by atomic mass is 10.3. The minimum Gasteiger partial charge on any atom is -0.495 e. The Kier molecular flexibility index (Phi) is 4.41. The number of hydrogen-bond acceptors (Lipinski definition) is 6. The van der Waals surface area contributed by atoms with Crippen molar-refractivity contribution in [3.8, 4) is 5.75 Å². The summed E-state index contributed by atoms with van der Waals surface area (Å²) in [5.41, 5.74) is 3.16. The van der Waals surface area contributed by atoms with E-state index in [2.05, 4.69) is 36.6 Å². The quantitative estimate of drug-likeness (QED) is 0.584. The Labute approximate surface area is 123 Å². The molecule has 2 rings (SSSR count). The molecule has 0 bridgehead atoms. The molecule has 0 aliphatic heterocycles. The van der Waals surface area contributed by atoms with Gasteiger partial charge in [0, 0.05) is 5.02 Å². The molecule has 0 unspecified atom stereocenters. The Morgan fingerprint density at radius 3 is 2.74 bits per heavy atom. The molecule has 8 heteroatoms. The summed E-state index contributed by atoms with van der Waals surface area (Å²) in [6.07, 6.45) is 1.39. The summed E-state index contributed by atoms with van der Waals surface area (Å²) in [5, 5.41) is 3.69. The van der Waals surface area contributed by atoms with Gasteiger partial charge in [-0.2, -0.15) is 0 Å². The van der Waals surface area contributed by atoms with Crippen molar-refractivity contribution in [3.63, 3.8) is 0 Å². The Morgan fingerprint density at radius 1 is 1.32 bits per heavy atom. The van der Waals surface area contributed by atoms with Crippen molar-refractivity contribution in [2.45, 2.75) is 0 Å². The van der Waals surface area contributed by atoms with Crippen molar-refractivity contribution in [2.24, 2.45) is 5.84 Å². The van der Waals surface area contributed by atoms with E-state index in [1.165, 1.54) is 6.33 Å². The molecule has 6 nitrogen and oxygen atoms in total. The average Bonchev–Trinajstić information content (AvgIpc) is 2.41. The van der Waals surface area contributed by atoms with Crippen LogP contribution in [-0.2, 0) is 0 Å². The monoisotopic (exact) mass is 343 g/mol. The van der Waals surface area contributed by atoms with Crippen LogP contribution in [0.5, 0.6) is 5.75 Å². The third-order valence-electron chi connectivity index (χ3n) is 2.34. The van der Waals surface area contributed by atoms with Gasteiger partial charge in [0.05, 0.1) is 12.8 Å². The molecule has 0 fully saturated rings. The lowest BCUT2D eigenvalue weighted by Gasteiger charge is -2.13. The fourth-order valence-corrected chi connectivity index (χ4v) is 2.05. The summed E-state index contributed by atoms with van der Waals surface area (Å²) >= 11 is 9.33. The van der Waals surface area contributed by atoms with Crippen molar-refractivity contribution >= 4 is 44.9 Å². The molecule has 0 spiro atoms. The first-order valence-electron chi connectivity index (χ1n) is 5.23. The van der Waals surface area contributed by atoms with E-state index in [0.29, 0.717) is 32.6 Å². The third kappa shape index (κ3) is 3.06. The van der Waals surface area contributed by atoms with E-state index in [9.17, 15) is 0 Å². The zero-order valence-corrected chi connectivity index (χ0v) is 12.3. The number of nitrogens with one attached hydrogen (secondary N) is 2. The molecular formula is C11H11BrClN5O. The Bertz CT molecular complexity index is 595. The Balaban J connectivity index is 2.38. The van der Waals surface area contributed by atoms with Crippen LogP contribution in [0.4, 0.5) is 17.3 Å². The average molecular weight is 345 g/mol. The standard InChI is InChI=1S/C11H11BrClN5O/c1-19-8-3-2-6(13)4-7(8)17-10-9(12)11(18-14)16-5-15-10/h2-5H,14H2,1H3,(H2,15,16,17,18). The number of hydrogen-bond donors (Lipinski definition) is 3. The molecule has 0 radical (unpaired) electrons. The highest BCUT2D eigenvalue weighted by Crippen LogP contribution is 2.33. The second-order valence-electron chi connectivity index (χ2n) is 3.50. The highest BCUT2D eigenvalue weighted by molar-refractivity contribution is 9.10. The molecule has 1 aromatic carbocycles. The molecule has 0 saturated carbocycles. The Hall–Kier alpha value is -1.57. The number of methoxy groups -OCH3 is 1. The lowest BCUT2D eigenvalue weighted by molar-refractivity contribution is 0.417. The van der Waals surface area contributed by atoms with E-state index in [0.717, 1.165) is 0 Å². The number of nitrogen functional groups attached to an aromatic ring is 1. The molecule has 100 valence electrons. The topological polar surface area (TPSA) is 85.1 Å². The van der Waals surface area contributed by atoms with E-state index >= 15 is 0 Å². The number of halogens is 2. The molecule has 4 N–H and O–H groups in total. The maximum Gasteiger partial charge on any atom is 0.159 e. The van der Waals surface area contributed by atoms with Crippen LogP contribution in [0, 0.1) is 0 Å². The number of ether oxygens (including phenoxy) is 1. The van der Waals surface area contributed by atoms with Crippen molar-refractivity contribution < 1.29 is 4.74 Å². The zero-order chi connectivity index (χ0) is 13.8. The Morgan fingerprint density at radius 2 is 2.05 bits per heavy atom. The normalized spacial score (nSPS) is 10.1. The van der Waals surface area contributed by atoms with Gasteiger partial charge in [-0.1, -0.05) is 11.6 Å². The number of anilines is 3. The van der Waals surface area contributed by atoms with Gasteiger partial charge in [0.2, 0.25) is 0 Å². The van der Waals surface area contributed by atoms with Crippen LogP contribution in [0.2, 0.25) is 5.02 Å². The number of nitrogens with two attached hydrogens (primary N) is 1. The summed E-state index contributed by atoms with van der Waals surface area (Å²) < 4.78 is 5.86. The SMILES string of the molecule is COc1ccc(Cl)cc1Nc1ncnc(NN)c1Br. The fourth-order valence-electron chi connectivity index (χ4n) is 1.46. The predicted molar refractivity (Wildman–Crippen MR) is 78.8 cm³/mol. The molecule has 0 saturated heterocycles. The van der Waals surface area contributed by atoms with Crippen LogP contribution in [-0.4, -0.2) is 17.1 Å². The summed E-state index contributed by atoms with van der Waals surface area (Å²) in [5.74, 6) is 7.02. The van der Waals surface area contributed by atoms with Crippen LogP contribution in [0.25, 0.3) is 0 Å². The van der Waals surface area contributed by atoms with Gasteiger partial charge < -0.3 is 15.5 Å². The van der Waals surface area contributed by atoms with E-state index in [1.807, 2.05) is 0 Å². The van der Waals surface area contributed by atoms with Gasteiger partial charge in [-0.3, -0.25) is 0 Å². The molecule has 1 heterocycles. The van der Waals surface area contributed by atoms with Crippen molar-refractivity contribution in [2.75, 3.05) is 17.9 Å². The van der Waals surface area contributed by atoms with Gasteiger partial charge in [-0.25, -0.2) is 15.8 Å². The molecule has 2 aromatic rings. The largest absolute Gasteiger partial charge is 0.495 e. The number of aromatic nitrogens is 2. The maximum absolute atomic E-state index is 5.97. The van der Waals surface area contributed by atoms with E-state index in [1.54, 1.807) is 25.3 Å². The van der Waals surface area contributed by atoms with Crippen LogP contribution >= 0.6 is 27.5 Å². The summed E-state index contributed by atoms with van der Waals surface area (Å²) in [6, 6.07) is 5.25. The van der Waals surface area contributed by atoms with Crippen LogP contribution in [0.15, 0.2) is 29.0 Å². The van der Waals surface area contributed by atoms with Crippen molar-refractivity contribution in [1.82, 2.24) is 9.97 Å². The van der Waals surface area contributed by atoms with Crippen LogP contribution in [0.1, 0.15) is 0 Å². The molecular weight excluding hydrogens is 334 g/mol. The first kappa shape index (κ1) is 13.9. The molecule has 1 aromatic heterocycles. The van der Waals surface area contributed by atoms with Crippen molar-refractivity contribution in [3.05, 3.63) is 34.0 Å². The summed E-state index contributed by atoms with van der Waals surface area (Å²) in [7, 11) is 1.58. The molecule has 0 aliphatic rings. The smallest absolute Gasteiger partial charge is 0.159 e. The number of rotatable bonds is 4. The van der Waals surface area contributed by atoms with Gasteiger partial charge in [0.25, 0.3) is 0 Å². The molecule has 0 aliphatic carbocycles. The number of nitrogens with zero attached hydrogens (tertiary/aromatic N) is 2.